The van der Waals surface area contributed by atoms with Gasteiger partial charge in [-0.1, -0.05) is 0 Å². The summed E-state index contributed by atoms with van der Waals surface area (Å²) in [6.45, 7) is 4.60. The first-order valence-corrected chi connectivity index (χ1v) is 8.01. The van der Waals surface area contributed by atoms with E-state index in [1.165, 1.54) is 12.8 Å². The fourth-order valence-corrected chi connectivity index (χ4v) is 3.30. The molecule has 0 unspecified atom stereocenters. The zero-order chi connectivity index (χ0) is 15.1. The highest BCUT2D eigenvalue weighted by atomic mass is 16.5. The molecule has 0 aromatic carbocycles. The fourth-order valence-electron chi connectivity index (χ4n) is 3.30. The lowest BCUT2D eigenvalue weighted by molar-refractivity contribution is 0.0140. The maximum absolute atomic E-state index is 12.7. The molecule has 3 aliphatic rings. The van der Waals surface area contributed by atoms with E-state index in [2.05, 4.69) is 9.97 Å². The van der Waals surface area contributed by atoms with Gasteiger partial charge in [0.15, 0.2) is 0 Å². The van der Waals surface area contributed by atoms with Crippen LogP contribution in [-0.2, 0) is 9.47 Å². The van der Waals surface area contributed by atoms with E-state index in [1.807, 2.05) is 11.8 Å². The van der Waals surface area contributed by atoms with Crippen molar-refractivity contribution in [3.05, 3.63) is 23.8 Å². The Labute approximate surface area is 129 Å². The number of fused-ring (bicyclic) bond motifs is 1. The van der Waals surface area contributed by atoms with Crippen LogP contribution in [-0.4, -0.2) is 59.3 Å². The number of amides is 1. The molecule has 0 radical (unpaired) electrons. The maximum Gasteiger partial charge on any atom is 0.274 e. The third-order valence-electron chi connectivity index (χ3n) is 4.85. The molecule has 1 aromatic heterocycles. The molecule has 3 heterocycles. The molecule has 22 heavy (non-hydrogen) atoms. The van der Waals surface area contributed by atoms with E-state index in [0.717, 1.165) is 18.2 Å². The second-order valence-electron chi connectivity index (χ2n) is 6.58. The second kappa shape index (κ2) is 5.59. The van der Waals surface area contributed by atoms with Crippen LogP contribution in [0, 0.1) is 18.8 Å². The van der Waals surface area contributed by atoms with Crippen molar-refractivity contribution in [3.63, 3.8) is 0 Å². The summed E-state index contributed by atoms with van der Waals surface area (Å²) in [5, 5.41) is 0. The van der Waals surface area contributed by atoms with Gasteiger partial charge in [-0.3, -0.25) is 9.78 Å². The number of carbonyl (C=O) groups is 1. The third kappa shape index (κ3) is 2.61. The Morgan fingerprint density at radius 3 is 2.95 bits per heavy atom. The maximum atomic E-state index is 12.7. The third-order valence-corrected chi connectivity index (χ3v) is 4.85. The average molecular weight is 303 g/mol. The zero-order valence-corrected chi connectivity index (χ0v) is 12.8. The summed E-state index contributed by atoms with van der Waals surface area (Å²) < 4.78 is 11.7. The van der Waals surface area contributed by atoms with Gasteiger partial charge in [-0.25, -0.2) is 4.98 Å². The molecule has 118 valence electrons. The van der Waals surface area contributed by atoms with Crippen LogP contribution in [0.5, 0.6) is 0 Å². The monoisotopic (exact) mass is 303 g/mol. The molecular formula is C16H21N3O3. The highest BCUT2D eigenvalue weighted by Gasteiger charge is 2.48. The molecular weight excluding hydrogens is 282 g/mol. The molecule has 3 fully saturated rings. The second-order valence-corrected chi connectivity index (χ2v) is 6.58. The van der Waals surface area contributed by atoms with Crippen molar-refractivity contribution in [1.29, 1.82) is 0 Å². The van der Waals surface area contributed by atoms with Crippen LogP contribution in [0.4, 0.5) is 0 Å². The lowest BCUT2D eigenvalue weighted by Gasteiger charge is -2.21. The molecule has 0 bridgehead atoms. The first-order valence-electron chi connectivity index (χ1n) is 8.01. The molecule has 6 heteroatoms. The summed E-state index contributed by atoms with van der Waals surface area (Å²) in [7, 11) is 0. The van der Waals surface area contributed by atoms with Gasteiger partial charge in [-0.15, -0.1) is 0 Å². The topological polar surface area (TPSA) is 64.6 Å². The number of hydrogen-bond donors (Lipinski definition) is 0. The first-order chi connectivity index (χ1) is 10.7. The van der Waals surface area contributed by atoms with Crippen molar-refractivity contribution in [1.82, 2.24) is 14.9 Å². The Bertz CT molecular complexity index is 558. The number of aryl methyl sites for hydroxylation is 1. The van der Waals surface area contributed by atoms with Gasteiger partial charge < -0.3 is 14.4 Å². The smallest absolute Gasteiger partial charge is 0.274 e. The molecule has 2 saturated heterocycles. The number of ether oxygens (including phenoxy) is 2. The zero-order valence-electron chi connectivity index (χ0n) is 12.8. The largest absolute Gasteiger partial charge is 0.379 e. The summed E-state index contributed by atoms with van der Waals surface area (Å²) in [6.07, 6.45) is 5.83. The van der Waals surface area contributed by atoms with Gasteiger partial charge in [-0.2, -0.15) is 0 Å². The van der Waals surface area contributed by atoms with Crippen LogP contribution in [0.1, 0.15) is 29.0 Å². The van der Waals surface area contributed by atoms with E-state index in [0.29, 0.717) is 31.4 Å². The number of rotatable bonds is 4. The van der Waals surface area contributed by atoms with Crippen LogP contribution >= 0.6 is 0 Å². The molecule has 0 N–H and O–H groups in total. The highest BCUT2D eigenvalue weighted by Crippen LogP contribution is 2.35. The Morgan fingerprint density at radius 2 is 2.23 bits per heavy atom. The molecule has 2 aliphatic heterocycles. The molecule has 3 atom stereocenters. The SMILES string of the molecule is Cc1cnc(C(=O)N2C[C@@H](OCC3CC3)[C@@H]3COC[C@@H]32)cn1. The summed E-state index contributed by atoms with van der Waals surface area (Å²) in [5.41, 5.74) is 1.21. The Morgan fingerprint density at radius 1 is 1.36 bits per heavy atom. The number of aromatic nitrogens is 2. The van der Waals surface area contributed by atoms with Crippen molar-refractivity contribution in [2.75, 3.05) is 26.4 Å². The predicted octanol–water partition coefficient (Wildman–Crippen LogP) is 1.05. The number of likely N-dealkylation sites (tertiary alicyclic amines) is 1. The molecule has 4 rings (SSSR count). The van der Waals surface area contributed by atoms with Gasteiger partial charge in [-0.05, 0) is 25.7 Å². The summed E-state index contributed by atoms with van der Waals surface area (Å²) in [6, 6.07) is 0.111. The van der Waals surface area contributed by atoms with E-state index in [9.17, 15) is 4.79 Å². The molecule has 1 saturated carbocycles. The van der Waals surface area contributed by atoms with Crippen LogP contribution in [0.2, 0.25) is 0 Å². The minimum absolute atomic E-state index is 0.0643. The summed E-state index contributed by atoms with van der Waals surface area (Å²) >= 11 is 0. The summed E-state index contributed by atoms with van der Waals surface area (Å²) in [4.78, 5) is 23.0. The normalized spacial score (nSPS) is 30.6. The van der Waals surface area contributed by atoms with Crippen LogP contribution in [0.25, 0.3) is 0 Å². The van der Waals surface area contributed by atoms with E-state index in [1.54, 1.807) is 12.4 Å². The molecule has 1 amide bonds. The first kappa shape index (κ1) is 14.1. The van der Waals surface area contributed by atoms with Crippen molar-refractivity contribution in [3.8, 4) is 0 Å². The van der Waals surface area contributed by atoms with Gasteiger partial charge in [0.1, 0.15) is 5.69 Å². The highest BCUT2D eigenvalue weighted by molar-refractivity contribution is 5.92. The number of nitrogens with zero attached hydrogens (tertiary/aromatic N) is 3. The quantitative estimate of drug-likeness (QED) is 0.832. The van der Waals surface area contributed by atoms with E-state index in [-0.39, 0.29) is 18.1 Å². The number of carbonyl (C=O) groups excluding carboxylic acids is 1. The molecule has 1 aromatic rings. The predicted molar refractivity (Wildman–Crippen MR) is 78.4 cm³/mol. The lowest BCUT2D eigenvalue weighted by Crippen LogP contribution is -2.38. The van der Waals surface area contributed by atoms with Gasteiger partial charge >= 0.3 is 0 Å². The van der Waals surface area contributed by atoms with Crippen molar-refractivity contribution >= 4 is 5.91 Å². The minimum atomic E-state index is -0.0643. The van der Waals surface area contributed by atoms with Gasteiger partial charge in [0.05, 0.1) is 37.3 Å². The number of hydrogen-bond acceptors (Lipinski definition) is 5. The standard InChI is InChI=1S/C16H21N3O3/c1-10-4-18-13(5-17-10)16(20)19-6-15(22-7-11-2-3-11)12-8-21-9-14(12)19/h4-5,11-12,14-15H,2-3,6-9H2,1H3/t12-,14+,15-/m1/s1. The van der Waals surface area contributed by atoms with Crippen molar-refractivity contribution in [2.45, 2.75) is 31.9 Å². The van der Waals surface area contributed by atoms with Gasteiger partial charge in [0.25, 0.3) is 5.91 Å². The van der Waals surface area contributed by atoms with Crippen LogP contribution in [0.3, 0.4) is 0 Å². The van der Waals surface area contributed by atoms with Crippen molar-refractivity contribution in [2.24, 2.45) is 11.8 Å². The Hall–Kier alpha value is -1.53. The molecule has 1 aliphatic carbocycles. The average Bonchev–Trinajstić information content (AvgIpc) is 3.11. The van der Waals surface area contributed by atoms with Gasteiger partial charge in [0.2, 0.25) is 0 Å². The van der Waals surface area contributed by atoms with Crippen LogP contribution in [0.15, 0.2) is 12.4 Å². The van der Waals surface area contributed by atoms with E-state index in [4.69, 9.17) is 9.47 Å². The fraction of sp³-hybridized carbons (Fsp3) is 0.688. The Balaban J connectivity index is 1.48. The Kier molecular flexibility index (Phi) is 3.58. The lowest BCUT2D eigenvalue weighted by atomic mass is 10.0. The van der Waals surface area contributed by atoms with Gasteiger partial charge in [0, 0.05) is 25.3 Å². The molecule has 0 spiro atoms. The van der Waals surface area contributed by atoms with E-state index < -0.39 is 0 Å². The van der Waals surface area contributed by atoms with Crippen molar-refractivity contribution < 1.29 is 14.3 Å². The summed E-state index contributed by atoms with van der Waals surface area (Å²) in [5.74, 6) is 0.958. The minimum Gasteiger partial charge on any atom is -0.379 e. The van der Waals surface area contributed by atoms with E-state index >= 15 is 0 Å². The van der Waals surface area contributed by atoms with Crippen LogP contribution < -0.4 is 0 Å². The molecule has 6 nitrogen and oxygen atoms in total.